The van der Waals surface area contributed by atoms with Gasteiger partial charge in [-0.2, -0.15) is 0 Å². The Kier molecular flexibility index (Phi) is 4.65. The molecular formula is C17H16F2IN3O3S. The van der Waals surface area contributed by atoms with Gasteiger partial charge in [0.25, 0.3) is 0 Å². The summed E-state index contributed by atoms with van der Waals surface area (Å²) in [5.41, 5.74) is 0.452. The first-order valence-corrected chi connectivity index (χ1v) is 10.9. The molecule has 1 aromatic rings. The van der Waals surface area contributed by atoms with Gasteiger partial charge in [-0.25, -0.2) is 17.2 Å². The number of anilines is 1. The Balaban J connectivity index is 1.72. The van der Waals surface area contributed by atoms with Gasteiger partial charge in [0.15, 0.2) is 11.9 Å². The number of sulfonamides is 1. The summed E-state index contributed by atoms with van der Waals surface area (Å²) < 4.78 is 57.3. The summed E-state index contributed by atoms with van der Waals surface area (Å²) in [6.45, 7) is 1.68. The number of oxime groups is 1. The largest absolute Gasteiger partial charge is 0.384 e. The Morgan fingerprint density at radius 3 is 2.70 bits per heavy atom. The maximum absolute atomic E-state index is 15.1. The van der Waals surface area contributed by atoms with Crippen molar-refractivity contribution in [1.29, 1.82) is 0 Å². The van der Waals surface area contributed by atoms with Crippen LogP contribution in [0.3, 0.4) is 0 Å². The average molecular weight is 507 g/mol. The van der Waals surface area contributed by atoms with Crippen molar-refractivity contribution in [3.8, 4) is 0 Å². The molecule has 2 unspecified atom stereocenters. The Morgan fingerprint density at radius 1 is 1.30 bits per heavy atom. The molecule has 2 atom stereocenters. The van der Waals surface area contributed by atoms with Gasteiger partial charge in [0.1, 0.15) is 5.82 Å². The second kappa shape index (κ2) is 6.73. The van der Waals surface area contributed by atoms with E-state index in [9.17, 15) is 12.8 Å². The molecule has 1 fully saturated rings. The minimum absolute atomic E-state index is 0.0335. The van der Waals surface area contributed by atoms with E-state index in [1.165, 1.54) is 12.1 Å². The highest BCUT2D eigenvalue weighted by molar-refractivity contribution is 14.1. The predicted molar refractivity (Wildman–Crippen MR) is 106 cm³/mol. The van der Waals surface area contributed by atoms with Crippen LogP contribution in [0.4, 0.5) is 14.5 Å². The molecule has 0 saturated heterocycles. The van der Waals surface area contributed by atoms with Gasteiger partial charge in [-0.3, -0.25) is 4.72 Å². The molecule has 0 radical (unpaired) electrons. The molecule has 2 N–H and O–H groups in total. The molecule has 0 spiro atoms. The Labute approximate surface area is 168 Å². The lowest BCUT2D eigenvalue weighted by Gasteiger charge is -2.26. The van der Waals surface area contributed by atoms with E-state index in [-0.39, 0.29) is 17.1 Å². The highest BCUT2D eigenvalue weighted by atomic mass is 127. The van der Waals surface area contributed by atoms with E-state index < -0.39 is 38.9 Å². The summed E-state index contributed by atoms with van der Waals surface area (Å²) in [5, 5.41) is 6.00. The van der Waals surface area contributed by atoms with E-state index in [1.54, 1.807) is 19.1 Å². The maximum Gasteiger partial charge on any atom is 0.235 e. The van der Waals surface area contributed by atoms with Crippen molar-refractivity contribution in [2.45, 2.75) is 31.1 Å². The summed E-state index contributed by atoms with van der Waals surface area (Å²) in [7, 11) is -3.63. The molecule has 1 aromatic carbocycles. The fourth-order valence-corrected chi connectivity index (χ4v) is 4.84. The van der Waals surface area contributed by atoms with E-state index in [0.29, 0.717) is 22.1 Å². The third-order valence-electron chi connectivity index (χ3n) is 4.63. The molecule has 1 heterocycles. The van der Waals surface area contributed by atoms with Crippen LogP contribution in [-0.2, 0) is 14.9 Å². The number of nitrogens with one attached hydrogen (secondary N) is 2. The standard InChI is InChI=1S/C17H16F2IN3O3S/c1-8-11-7-14(23-27(24,25)10-3-4-10)16(15(19)17(11)26-22-8)21-13-5-2-9(20)6-12(13)18/h2,5-7,10-11,17,21,23H,3-4H2,1H3. The van der Waals surface area contributed by atoms with Crippen LogP contribution < -0.4 is 10.0 Å². The van der Waals surface area contributed by atoms with Crippen LogP contribution in [0.25, 0.3) is 0 Å². The number of halogens is 3. The molecule has 3 aliphatic rings. The van der Waals surface area contributed by atoms with Gasteiger partial charge < -0.3 is 10.2 Å². The normalized spacial score (nSPS) is 24.7. The van der Waals surface area contributed by atoms with Crippen molar-refractivity contribution >= 4 is 44.0 Å². The molecule has 144 valence electrons. The summed E-state index contributed by atoms with van der Waals surface area (Å²) >= 11 is 1.96. The predicted octanol–water partition coefficient (Wildman–Crippen LogP) is 3.39. The summed E-state index contributed by atoms with van der Waals surface area (Å²) in [4.78, 5) is 5.14. The highest BCUT2D eigenvalue weighted by Crippen LogP contribution is 2.38. The first-order valence-electron chi connectivity index (χ1n) is 8.32. The first kappa shape index (κ1) is 18.7. The van der Waals surface area contributed by atoms with E-state index in [1.807, 2.05) is 22.6 Å². The first-order chi connectivity index (χ1) is 12.8. The van der Waals surface area contributed by atoms with Crippen molar-refractivity contribution in [3.63, 3.8) is 0 Å². The molecule has 1 aliphatic heterocycles. The summed E-state index contributed by atoms with van der Waals surface area (Å²) in [6, 6.07) is 4.42. The molecule has 27 heavy (non-hydrogen) atoms. The molecule has 1 saturated carbocycles. The topological polar surface area (TPSA) is 79.8 Å². The van der Waals surface area contributed by atoms with Crippen LogP contribution in [0.15, 0.2) is 46.7 Å². The molecule has 6 nitrogen and oxygen atoms in total. The van der Waals surface area contributed by atoms with Gasteiger partial charge >= 0.3 is 0 Å². The van der Waals surface area contributed by atoms with Crippen molar-refractivity contribution in [2.75, 3.05) is 5.32 Å². The molecule has 0 bridgehead atoms. The number of hydrogen-bond acceptors (Lipinski definition) is 5. The lowest BCUT2D eigenvalue weighted by Crippen LogP contribution is -2.35. The van der Waals surface area contributed by atoms with Crippen molar-refractivity contribution in [1.82, 2.24) is 4.72 Å². The highest BCUT2D eigenvalue weighted by Gasteiger charge is 2.43. The third kappa shape index (κ3) is 3.56. The lowest BCUT2D eigenvalue weighted by atomic mass is 9.90. The SMILES string of the molecule is CC1=NOC2C(F)=C(Nc3ccc(I)cc3F)C(NS(=O)(=O)C3CC3)=CC12. The second-order valence-electron chi connectivity index (χ2n) is 6.68. The fourth-order valence-electron chi connectivity index (χ4n) is 2.98. The van der Waals surface area contributed by atoms with Crippen LogP contribution in [0.2, 0.25) is 0 Å². The van der Waals surface area contributed by atoms with Gasteiger partial charge in [0.05, 0.1) is 34.0 Å². The van der Waals surface area contributed by atoms with Crippen LogP contribution in [0.1, 0.15) is 19.8 Å². The number of nitrogens with zero attached hydrogens (tertiary/aromatic N) is 1. The van der Waals surface area contributed by atoms with Gasteiger partial charge in [0, 0.05) is 3.57 Å². The molecular weight excluding hydrogens is 491 g/mol. The second-order valence-corrected chi connectivity index (χ2v) is 9.89. The zero-order valence-electron chi connectivity index (χ0n) is 14.2. The maximum atomic E-state index is 15.1. The number of fused-ring (bicyclic) bond motifs is 1. The molecule has 2 aliphatic carbocycles. The minimum Gasteiger partial charge on any atom is -0.384 e. The minimum atomic E-state index is -3.63. The van der Waals surface area contributed by atoms with E-state index in [4.69, 9.17) is 4.84 Å². The summed E-state index contributed by atoms with van der Waals surface area (Å²) in [5.74, 6) is -1.82. The molecule has 4 rings (SSSR count). The van der Waals surface area contributed by atoms with E-state index >= 15 is 4.39 Å². The van der Waals surface area contributed by atoms with Crippen molar-refractivity contribution in [3.05, 3.63) is 50.9 Å². The Morgan fingerprint density at radius 2 is 2.04 bits per heavy atom. The van der Waals surface area contributed by atoms with Gasteiger partial charge in [-0.05, 0) is 66.6 Å². The monoisotopic (exact) mass is 507 g/mol. The molecule has 0 amide bonds. The van der Waals surface area contributed by atoms with Gasteiger partial charge in [0.2, 0.25) is 10.0 Å². The average Bonchev–Trinajstić information content (AvgIpc) is 3.39. The van der Waals surface area contributed by atoms with Crippen LogP contribution >= 0.6 is 22.6 Å². The van der Waals surface area contributed by atoms with Crippen LogP contribution in [0, 0.1) is 15.3 Å². The van der Waals surface area contributed by atoms with E-state index in [2.05, 4.69) is 15.2 Å². The quantitative estimate of drug-likeness (QED) is 0.600. The molecule has 0 aromatic heterocycles. The Bertz CT molecular complexity index is 1000. The van der Waals surface area contributed by atoms with E-state index in [0.717, 1.165) is 0 Å². The van der Waals surface area contributed by atoms with Crippen molar-refractivity contribution in [2.24, 2.45) is 11.1 Å². The Hall–Kier alpha value is -1.69. The van der Waals surface area contributed by atoms with Gasteiger partial charge in [-0.1, -0.05) is 5.16 Å². The van der Waals surface area contributed by atoms with Crippen molar-refractivity contribution < 1.29 is 22.0 Å². The smallest absolute Gasteiger partial charge is 0.235 e. The summed E-state index contributed by atoms with van der Waals surface area (Å²) in [6.07, 6.45) is 1.71. The fraction of sp³-hybridized carbons (Fsp3) is 0.353. The lowest BCUT2D eigenvalue weighted by molar-refractivity contribution is 0.0781. The zero-order chi connectivity index (χ0) is 19.3. The zero-order valence-corrected chi connectivity index (χ0v) is 17.1. The number of benzene rings is 1. The van der Waals surface area contributed by atoms with Crippen LogP contribution in [-0.4, -0.2) is 25.5 Å². The third-order valence-corrected chi connectivity index (χ3v) is 7.15. The van der Waals surface area contributed by atoms with Crippen LogP contribution in [0.5, 0.6) is 0 Å². The van der Waals surface area contributed by atoms with Gasteiger partial charge in [-0.15, -0.1) is 0 Å². The number of rotatable bonds is 5. The molecule has 10 heteroatoms. The number of hydrogen-bond donors (Lipinski definition) is 2.